The van der Waals surface area contributed by atoms with E-state index in [1.807, 2.05) is 66.7 Å². The van der Waals surface area contributed by atoms with E-state index in [0.29, 0.717) is 18.6 Å². The minimum atomic E-state index is -0.589. The van der Waals surface area contributed by atoms with Crippen molar-refractivity contribution in [3.8, 4) is 11.1 Å². The molecule has 0 saturated carbocycles. The highest BCUT2D eigenvalue weighted by Crippen LogP contribution is 2.39. The van der Waals surface area contributed by atoms with E-state index in [1.165, 1.54) is 0 Å². The molecule has 1 unspecified atom stereocenters. The molecule has 4 heteroatoms. The van der Waals surface area contributed by atoms with Crippen LogP contribution >= 0.6 is 0 Å². The number of fused-ring (bicyclic) bond motifs is 2. The summed E-state index contributed by atoms with van der Waals surface area (Å²) in [5, 5.41) is 6.64. The van der Waals surface area contributed by atoms with Crippen LogP contribution in [0.15, 0.2) is 78.9 Å². The van der Waals surface area contributed by atoms with Crippen LogP contribution in [0.1, 0.15) is 16.8 Å². The SMILES string of the molecule is O=C(NC1CCOC1=O)c1c2ccccc2c(-c2ccccc2)c2ccccc12. The van der Waals surface area contributed by atoms with E-state index < -0.39 is 6.04 Å². The summed E-state index contributed by atoms with van der Waals surface area (Å²) < 4.78 is 5.00. The molecular formula is C25H19NO3. The summed E-state index contributed by atoms with van der Waals surface area (Å²) in [6, 6.07) is 25.5. The molecule has 1 heterocycles. The van der Waals surface area contributed by atoms with Gasteiger partial charge in [-0.05, 0) is 32.7 Å². The molecule has 142 valence electrons. The number of rotatable bonds is 3. The molecule has 1 aliphatic heterocycles. The average molecular weight is 381 g/mol. The fourth-order valence-electron chi connectivity index (χ4n) is 4.15. The predicted molar refractivity (Wildman–Crippen MR) is 114 cm³/mol. The second kappa shape index (κ2) is 7.06. The van der Waals surface area contributed by atoms with Crippen molar-refractivity contribution in [2.45, 2.75) is 12.5 Å². The lowest BCUT2D eigenvalue weighted by molar-refractivity contribution is -0.139. The zero-order valence-electron chi connectivity index (χ0n) is 15.7. The minimum absolute atomic E-state index is 0.249. The number of esters is 1. The second-order valence-corrected chi connectivity index (χ2v) is 7.19. The highest BCUT2D eigenvalue weighted by atomic mass is 16.5. The lowest BCUT2D eigenvalue weighted by Gasteiger charge is -2.18. The standard InChI is InChI=1S/C25H19NO3/c27-24(26-21-14-15-29-25(21)28)23-19-12-6-4-10-17(19)22(16-8-2-1-3-9-16)18-11-5-7-13-20(18)23/h1-13,21H,14-15H2,(H,26,27). The molecule has 5 rings (SSSR count). The number of cyclic esters (lactones) is 1. The van der Waals surface area contributed by atoms with Crippen molar-refractivity contribution in [2.24, 2.45) is 0 Å². The Kier molecular flexibility index (Phi) is 4.24. The average Bonchev–Trinajstić information content (AvgIpc) is 3.16. The van der Waals surface area contributed by atoms with Crippen LogP contribution in [0.4, 0.5) is 0 Å². The van der Waals surface area contributed by atoms with Gasteiger partial charge in [0, 0.05) is 6.42 Å². The van der Waals surface area contributed by atoms with Gasteiger partial charge < -0.3 is 10.1 Å². The first kappa shape index (κ1) is 17.4. The monoisotopic (exact) mass is 381 g/mol. The van der Waals surface area contributed by atoms with Crippen molar-refractivity contribution in [1.82, 2.24) is 5.32 Å². The van der Waals surface area contributed by atoms with Crippen LogP contribution in [-0.2, 0) is 9.53 Å². The zero-order valence-corrected chi connectivity index (χ0v) is 15.7. The molecule has 1 aliphatic rings. The Morgan fingerprint density at radius 3 is 1.90 bits per heavy atom. The van der Waals surface area contributed by atoms with E-state index in [0.717, 1.165) is 32.7 Å². The van der Waals surface area contributed by atoms with Gasteiger partial charge in [0.05, 0.1) is 12.2 Å². The van der Waals surface area contributed by atoms with Crippen LogP contribution in [0.2, 0.25) is 0 Å². The zero-order chi connectivity index (χ0) is 19.8. The highest BCUT2D eigenvalue weighted by molar-refractivity contribution is 6.24. The number of carbonyl (C=O) groups excluding carboxylic acids is 2. The molecule has 0 bridgehead atoms. The first-order valence-electron chi connectivity index (χ1n) is 9.70. The highest BCUT2D eigenvalue weighted by Gasteiger charge is 2.29. The Labute approximate surface area is 168 Å². The predicted octanol–water partition coefficient (Wildman–Crippen LogP) is 4.71. The molecule has 4 aromatic carbocycles. The maximum Gasteiger partial charge on any atom is 0.328 e. The van der Waals surface area contributed by atoms with Crippen molar-refractivity contribution < 1.29 is 14.3 Å². The molecule has 4 aromatic rings. The van der Waals surface area contributed by atoms with Gasteiger partial charge >= 0.3 is 5.97 Å². The van der Waals surface area contributed by atoms with Crippen LogP contribution in [-0.4, -0.2) is 24.5 Å². The minimum Gasteiger partial charge on any atom is -0.464 e. The van der Waals surface area contributed by atoms with Crippen LogP contribution in [0.3, 0.4) is 0 Å². The fraction of sp³-hybridized carbons (Fsp3) is 0.120. The van der Waals surface area contributed by atoms with Gasteiger partial charge in [-0.3, -0.25) is 4.79 Å². The summed E-state index contributed by atoms with van der Waals surface area (Å²) in [7, 11) is 0. The van der Waals surface area contributed by atoms with Crippen molar-refractivity contribution in [1.29, 1.82) is 0 Å². The largest absolute Gasteiger partial charge is 0.464 e. The Morgan fingerprint density at radius 1 is 0.793 bits per heavy atom. The van der Waals surface area contributed by atoms with E-state index in [4.69, 9.17) is 4.74 Å². The van der Waals surface area contributed by atoms with Gasteiger partial charge in [-0.1, -0.05) is 78.9 Å². The number of hydrogen-bond acceptors (Lipinski definition) is 3. The van der Waals surface area contributed by atoms with Crippen molar-refractivity contribution in [3.63, 3.8) is 0 Å². The van der Waals surface area contributed by atoms with Gasteiger partial charge in [0.15, 0.2) is 0 Å². The summed E-state index contributed by atoms with van der Waals surface area (Å²) in [5.41, 5.74) is 2.80. The molecule has 0 spiro atoms. The molecule has 0 aromatic heterocycles. The number of carbonyl (C=O) groups is 2. The number of ether oxygens (including phenoxy) is 1. The maximum absolute atomic E-state index is 13.3. The quantitative estimate of drug-likeness (QED) is 0.413. The topological polar surface area (TPSA) is 55.4 Å². The smallest absolute Gasteiger partial charge is 0.328 e. The molecule has 1 amide bonds. The Bertz CT molecular complexity index is 1190. The summed E-state index contributed by atoms with van der Waals surface area (Å²) in [5.74, 6) is -0.617. The molecule has 0 radical (unpaired) electrons. The molecule has 0 aliphatic carbocycles. The molecule has 1 N–H and O–H groups in total. The van der Waals surface area contributed by atoms with Gasteiger partial charge in [0.2, 0.25) is 0 Å². The summed E-state index contributed by atoms with van der Waals surface area (Å²) in [6.07, 6.45) is 0.503. The van der Waals surface area contributed by atoms with E-state index >= 15 is 0 Å². The van der Waals surface area contributed by atoms with Crippen LogP contribution in [0, 0.1) is 0 Å². The molecule has 4 nitrogen and oxygen atoms in total. The third kappa shape index (κ3) is 2.93. The number of hydrogen-bond donors (Lipinski definition) is 1. The molecular weight excluding hydrogens is 362 g/mol. The normalized spacial score (nSPS) is 16.1. The summed E-state index contributed by atoms with van der Waals surface area (Å²) in [6.45, 7) is 0.345. The van der Waals surface area contributed by atoms with E-state index in [9.17, 15) is 9.59 Å². The van der Waals surface area contributed by atoms with Crippen molar-refractivity contribution in [3.05, 3.63) is 84.4 Å². The summed E-state index contributed by atoms with van der Waals surface area (Å²) >= 11 is 0. The first-order chi connectivity index (χ1) is 14.2. The summed E-state index contributed by atoms with van der Waals surface area (Å²) in [4.78, 5) is 25.2. The fourth-order valence-corrected chi connectivity index (χ4v) is 4.15. The maximum atomic E-state index is 13.3. The first-order valence-corrected chi connectivity index (χ1v) is 9.70. The third-order valence-electron chi connectivity index (χ3n) is 5.46. The Hall–Kier alpha value is -3.66. The molecule has 1 atom stereocenters. The molecule has 1 fully saturated rings. The van der Waals surface area contributed by atoms with E-state index in [2.05, 4.69) is 17.4 Å². The van der Waals surface area contributed by atoms with Gasteiger partial charge in [-0.2, -0.15) is 0 Å². The molecule has 1 saturated heterocycles. The number of benzene rings is 4. The van der Waals surface area contributed by atoms with Crippen molar-refractivity contribution >= 4 is 33.4 Å². The number of nitrogens with one attached hydrogen (secondary N) is 1. The van der Waals surface area contributed by atoms with Gasteiger partial charge in [0.1, 0.15) is 6.04 Å². The van der Waals surface area contributed by atoms with Gasteiger partial charge in [0.25, 0.3) is 5.91 Å². The van der Waals surface area contributed by atoms with Crippen LogP contribution < -0.4 is 5.32 Å². The van der Waals surface area contributed by atoms with Crippen molar-refractivity contribution in [2.75, 3.05) is 6.61 Å². The Morgan fingerprint density at radius 2 is 1.34 bits per heavy atom. The molecule has 29 heavy (non-hydrogen) atoms. The lowest BCUT2D eigenvalue weighted by atomic mass is 9.88. The van der Waals surface area contributed by atoms with Gasteiger partial charge in [-0.25, -0.2) is 4.79 Å². The number of amides is 1. The van der Waals surface area contributed by atoms with Crippen LogP contribution in [0.5, 0.6) is 0 Å². The third-order valence-corrected chi connectivity index (χ3v) is 5.46. The van der Waals surface area contributed by atoms with E-state index in [1.54, 1.807) is 0 Å². The van der Waals surface area contributed by atoms with E-state index in [-0.39, 0.29) is 11.9 Å². The second-order valence-electron chi connectivity index (χ2n) is 7.19. The Balaban J connectivity index is 1.79. The lowest BCUT2D eigenvalue weighted by Crippen LogP contribution is -2.38. The van der Waals surface area contributed by atoms with Crippen LogP contribution in [0.25, 0.3) is 32.7 Å². The van der Waals surface area contributed by atoms with Gasteiger partial charge in [-0.15, -0.1) is 0 Å².